The highest BCUT2D eigenvalue weighted by atomic mass is 35.5. The van der Waals surface area contributed by atoms with Gasteiger partial charge in [-0.15, -0.1) is 0 Å². The molecule has 3 rings (SSSR count). The molecule has 8 heteroatoms. The Morgan fingerprint density at radius 1 is 1.31 bits per heavy atom. The number of hydrogen-bond donors (Lipinski definition) is 1. The van der Waals surface area contributed by atoms with Gasteiger partial charge in [0.05, 0.1) is 15.5 Å². The van der Waals surface area contributed by atoms with E-state index in [-0.39, 0.29) is 33.5 Å². The average molecular weight is 400 g/mol. The van der Waals surface area contributed by atoms with Crippen molar-refractivity contribution in [3.05, 3.63) is 28.8 Å². The predicted octanol–water partition coefficient (Wildman–Crippen LogP) is 2.34. The summed E-state index contributed by atoms with van der Waals surface area (Å²) in [5, 5.41) is 3.26. The van der Waals surface area contributed by atoms with Gasteiger partial charge in [0.1, 0.15) is 0 Å². The highest BCUT2D eigenvalue weighted by Gasteiger charge is 2.35. The lowest BCUT2D eigenvalue weighted by atomic mass is 10.2. The molecule has 0 aromatic heterocycles. The Morgan fingerprint density at radius 2 is 2.00 bits per heavy atom. The summed E-state index contributed by atoms with van der Waals surface area (Å²) in [6.45, 7) is 5.44. The van der Waals surface area contributed by atoms with Gasteiger partial charge in [0.25, 0.3) is 5.91 Å². The summed E-state index contributed by atoms with van der Waals surface area (Å²) in [6, 6.07) is 4.87. The molecule has 1 heterocycles. The first-order valence-electron chi connectivity index (χ1n) is 9.02. The number of likely N-dealkylation sites (tertiary alicyclic amines) is 1. The Balaban J connectivity index is 1.76. The zero-order chi connectivity index (χ0) is 19.1. The van der Waals surface area contributed by atoms with Crippen LogP contribution in [-0.4, -0.2) is 61.8 Å². The van der Waals surface area contributed by atoms with E-state index >= 15 is 0 Å². The van der Waals surface area contributed by atoms with Crippen molar-refractivity contribution >= 4 is 27.5 Å². The number of benzene rings is 1. The maximum atomic E-state index is 12.7. The molecule has 2 fully saturated rings. The lowest BCUT2D eigenvalue weighted by Crippen LogP contribution is -2.38. The van der Waals surface area contributed by atoms with Gasteiger partial charge in [0, 0.05) is 38.3 Å². The van der Waals surface area contributed by atoms with E-state index in [0.717, 1.165) is 19.5 Å². The van der Waals surface area contributed by atoms with Gasteiger partial charge in [-0.05, 0) is 51.3 Å². The first kappa shape index (κ1) is 19.6. The largest absolute Gasteiger partial charge is 0.348 e. The number of halogens is 1. The van der Waals surface area contributed by atoms with Gasteiger partial charge in [-0.2, -0.15) is 4.31 Å². The molecule has 1 aromatic rings. The Kier molecular flexibility index (Phi) is 5.63. The summed E-state index contributed by atoms with van der Waals surface area (Å²) in [4.78, 5) is 15.2. The first-order valence-corrected chi connectivity index (χ1v) is 10.8. The standard InChI is InChI=1S/C18H26ClN3O3S/c1-12(2)21(3)26(24,25)15-6-7-17(19)16(10-15)18(23)20-13-8-9-22(11-13)14-4-5-14/h6-7,10,12-14H,4-5,8-9,11H2,1-3H3,(H,20,23). The average Bonchev–Trinajstić information content (AvgIpc) is 3.34. The molecule has 1 aromatic carbocycles. The van der Waals surface area contributed by atoms with E-state index in [1.165, 1.54) is 42.4 Å². The lowest BCUT2D eigenvalue weighted by molar-refractivity contribution is 0.0937. The van der Waals surface area contributed by atoms with Gasteiger partial charge in [0.2, 0.25) is 10.0 Å². The summed E-state index contributed by atoms with van der Waals surface area (Å²) < 4.78 is 26.6. The van der Waals surface area contributed by atoms with Crippen LogP contribution >= 0.6 is 11.6 Å². The van der Waals surface area contributed by atoms with Crippen LogP contribution in [-0.2, 0) is 10.0 Å². The van der Waals surface area contributed by atoms with Crippen LogP contribution < -0.4 is 5.32 Å². The molecule has 2 aliphatic rings. The van der Waals surface area contributed by atoms with Gasteiger partial charge < -0.3 is 5.32 Å². The number of carbonyl (C=O) groups excluding carboxylic acids is 1. The molecule has 0 bridgehead atoms. The number of nitrogens with zero attached hydrogens (tertiary/aromatic N) is 2. The van der Waals surface area contributed by atoms with Crippen LogP contribution in [0.1, 0.15) is 43.5 Å². The molecule has 1 aliphatic heterocycles. The number of carbonyl (C=O) groups is 1. The lowest BCUT2D eigenvalue weighted by Gasteiger charge is -2.21. The van der Waals surface area contributed by atoms with Crippen LogP contribution in [0, 0.1) is 0 Å². The molecule has 1 aliphatic carbocycles. The molecule has 6 nitrogen and oxygen atoms in total. The zero-order valence-electron chi connectivity index (χ0n) is 15.4. The third-order valence-corrected chi connectivity index (χ3v) is 7.56. The minimum Gasteiger partial charge on any atom is -0.348 e. The third-order valence-electron chi connectivity index (χ3n) is 5.20. The fourth-order valence-electron chi connectivity index (χ4n) is 3.22. The monoisotopic (exact) mass is 399 g/mol. The maximum Gasteiger partial charge on any atom is 0.253 e. The van der Waals surface area contributed by atoms with E-state index < -0.39 is 10.0 Å². The number of sulfonamides is 1. The molecule has 1 saturated heterocycles. The van der Waals surface area contributed by atoms with Gasteiger partial charge in [-0.3, -0.25) is 9.69 Å². The van der Waals surface area contributed by atoms with Gasteiger partial charge in [-0.25, -0.2) is 8.42 Å². The molecule has 0 spiro atoms. The quantitative estimate of drug-likeness (QED) is 0.797. The van der Waals surface area contributed by atoms with Crippen molar-refractivity contribution in [2.75, 3.05) is 20.1 Å². The molecular weight excluding hydrogens is 374 g/mol. The van der Waals surface area contributed by atoms with E-state index in [0.29, 0.717) is 6.04 Å². The topological polar surface area (TPSA) is 69.7 Å². The van der Waals surface area contributed by atoms with E-state index in [1.807, 2.05) is 0 Å². The molecule has 1 unspecified atom stereocenters. The molecular formula is C18H26ClN3O3S. The Bertz CT molecular complexity index is 793. The minimum atomic E-state index is -3.66. The number of rotatable bonds is 6. The maximum absolute atomic E-state index is 12.7. The second kappa shape index (κ2) is 7.46. The molecule has 26 heavy (non-hydrogen) atoms. The van der Waals surface area contributed by atoms with Crippen molar-refractivity contribution in [1.82, 2.24) is 14.5 Å². The summed E-state index contributed by atoms with van der Waals surface area (Å²) >= 11 is 6.18. The van der Waals surface area contributed by atoms with Crippen LogP contribution in [0.5, 0.6) is 0 Å². The number of nitrogens with one attached hydrogen (secondary N) is 1. The second-order valence-electron chi connectivity index (χ2n) is 7.44. The van der Waals surface area contributed by atoms with E-state index in [4.69, 9.17) is 11.6 Å². The summed E-state index contributed by atoms with van der Waals surface area (Å²) in [7, 11) is -2.14. The predicted molar refractivity (Wildman–Crippen MR) is 102 cm³/mol. The van der Waals surface area contributed by atoms with Crippen LogP contribution in [0.4, 0.5) is 0 Å². The summed E-state index contributed by atoms with van der Waals surface area (Å²) in [5.74, 6) is -0.318. The summed E-state index contributed by atoms with van der Waals surface area (Å²) in [5.41, 5.74) is 0.203. The van der Waals surface area contributed by atoms with Crippen molar-refractivity contribution in [3.8, 4) is 0 Å². The van der Waals surface area contributed by atoms with Crippen LogP contribution in [0.25, 0.3) is 0 Å². The van der Waals surface area contributed by atoms with Crippen molar-refractivity contribution in [2.24, 2.45) is 0 Å². The Hall–Kier alpha value is -1.15. The summed E-state index contributed by atoms with van der Waals surface area (Å²) in [6.07, 6.45) is 3.40. The molecule has 144 valence electrons. The Labute approximate surface area is 160 Å². The minimum absolute atomic E-state index is 0.0780. The van der Waals surface area contributed by atoms with Crippen molar-refractivity contribution in [1.29, 1.82) is 0 Å². The smallest absolute Gasteiger partial charge is 0.253 e. The highest BCUT2D eigenvalue weighted by molar-refractivity contribution is 7.89. The molecule has 1 amide bonds. The zero-order valence-corrected chi connectivity index (χ0v) is 17.0. The van der Waals surface area contributed by atoms with E-state index in [2.05, 4.69) is 10.2 Å². The van der Waals surface area contributed by atoms with E-state index in [9.17, 15) is 13.2 Å². The van der Waals surface area contributed by atoms with Crippen LogP contribution in [0.2, 0.25) is 5.02 Å². The van der Waals surface area contributed by atoms with Crippen molar-refractivity contribution in [2.45, 2.75) is 56.1 Å². The van der Waals surface area contributed by atoms with Gasteiger partial charge in [-0.1, -0.05) is 11.6 Å². The fraction of sp³-hybridized carbons (Fsp3) is 0.611. The molecule has 1 saturated carbocycles. The fourth-order valence-corrected chi connectivity index (χ4v) is 4.82. The van der Waals surface area contributed by atoms with Gasteiger partial charge >= 0.3 is 0 Å². The Morgan fingerprint density at radius 3 is 2.62 bits per heavy atom. The number of hydrogen-bond acceptors (Lipinski definition) is 4. The molecule has 1 atom stereocenters. The third kappa shape index (κ3) is 4.06. The highest BCUT2D eigenvalue weighted by Crippen LogP contribution is 2.30. The van der Waals surface area contributed by atoms with Crippen molar-refractivity contribution in [3.63, 3.8) is 0 Å². The molecule has 1 N–H and O–H groups in total. The van der Waals surface area contributed by atoms with E-state index in [1.54, 1.807) is 13.8 Å². The van der Waals surface area contributed by atoms with Crippen molar-refractivity contribution < 1.29 is 13.2 Å². The van der Waals surface area contributed by atoms with Gasteiger partial charge in [0.15, 0.2) is 0 Å². The normalized spacial score (nSPS) is 21.5. The molecule has 0 radical (unpaired) electrons. The SMILES string of the molecule is CC(C)N(C)S(=O)(=O)c1ccc(Cl)c(C(=O)NC2CCN(C3CC3)C2)c1. The first-order chi connectivity index (χ1) is 12.2. The van der Waals surface area contributed by atoms with Crippen LogP contribution in [0.3, 0.4) is 0 Å². The van der Waals surface area contributed by atoms with Crippen LogP contribution in [0.15, 0.2) is 23.1 Å². The number of amides is 1. The second-order valence-corrected chi connectivity index (χ2v) is 9.85.